The SMILES string of the molecule is Cc1cc(C(=O)NN(C)C(N)=S)nn1C. The Balaban J connectivity index is 2.73. The Labute approximate surface area is 93.0 Å². The number of carbonyl (C=O) groups is 1. The second-order valence-corrected chi connectivity index (χ2v) is 3.55. The molecule has 7 heteroatoms. The molecule has 3 N–H and O–H groups in total. The normalized spacial score (nSPS) is 9.80. The van der Waals surface area contributed by atoms with Crippen LogP contribution in [0.1, 0.15) is 16.2 Å². The average Bonchev–Trinajstić information content (AvgIpc) is 2.46. The maximum atomic E-state index is 11.6. The molecule has 0 aliphatic carbocycles. The van der Waals surface area contributed by atoms with Crippen LogP contribution in [0.15, 0.2) is 6.07 Å². The summed E-state index contributed by atoms with van der Waals surface area (Å²) in [5.74, 6) is -0.339. The van der Waals surface area contributed by atoms with Gasteiger partial charge in [0.1, 0.15) is 0 Å². The second-order valence-electron chi connectivity index (χ2n) is 3.13. The molecular formula is C8H13N5OS. The lowest BCUT2D eigenvalue weighted by atomic mass is 10.3. The van der Waals surface area contributed by atoms with Gasteiger partial charge >= 0.3 is 0 Å². The van der Waals surface area contributed by atoms with Crippen LogP contribution in [0.3, 0.4) is 0 Å². The van der Waals surface area contributed by atoms with Crippen LogP contribution in [0.25, 0.3) is 0 Å². The molecule has 1 rings (SSSR count). The maximum Gasteiger partial charge on any atom is 0.290 e. The number of nitrogens with one attached hydrogen (secondary N) is 1. The third-order valence-electron chi connectivity index (χ3n) is 1.95. The molecule has 6 nitrogen and oxygen atoms in total. The number of hydrogen-bond donors (Lipinski definition) is 2. The maximum absolute atomic E-state index is 11.6. The highest BCUT2D eigenvalue weighted by Crippen LogP contribution is 2.00. The molecule has 1 amide bonds. The van der Waals surface area contributed by atoms with Crippen molar-refractivity contribution < 1.29 is 4.79 Å². The van der Waals surface area contributed by atoms with Gasteiger partial charge in [0, 0.05) is 19.8 Å². The van der Waals surface area contributed by atoms with Crippen molar-refractivity contribution in [2.75, 3.05) is 7.05 Å². The monoisotopic (exact) mass is 227 g/mol. The van der Waals surface area contributed by atoms with Crippen molar-refractivity contribution in [3.63, 3.8) is 0 Å². The first-order valence-corrected chi connectivity index (χ1v) is 4.67. The van der Waals surface area contributed by atoms with E-state index in [1.807, 2.05) is 6.92 Å². The Bertz CT molecular complexity index is 380. The number of nitrogens with two attached hydrogens (primary N) is 1. The molecule has 0 fully saturated rings. The Morgan fingerprint density at radius 3 is 2.73 bits per heavy atom. The Hall–Kier alpha value is -1.63. The number of carbonyl (C=O) groups excluding carboxylic acids is 1. The molecule has 0 bridgehead atoms. The molecule has 0 radical (unpaired) electrons. The largest absolute Gasteiger partial charge is 0.375 e. The average molecular weight is 227 g/mol. The summed E-state index contributed by atoms with van der Waals surface area (Å²) in [6.07, 6.45) is 0. The van der Waals surface area contributed by atoms with E-state index in [4.69, 9.17) is 5.73 Å². The molecule has 0 aliphatic heterocycles. The molecule has 0 atom stereocenters. The molecule has 0 unspecified atom stereocenters. The predicted molar refractivity (Wildman–Crippen MR) is 60.0 cm³/mol. The van der Waals surface area contributed by atoms with Crippen molar-refractivity contribution in [2.24, 2.45) is 12.8 Å². The van der Waals surface area contributed by atoms with E-state index in [0.717, 1.165) is 5.69 Å². The highest BCUT2D eigenvalue weighted by Gasteiger charge is 2.12. The lowest BCUT2D eigenvalue weighted by Gasteiger charge is -2.16. The quantitative estimate of drug-likeness (QED) is 0.502. The first kappa shape index (κ1) is 11.4. The third kappa shape index (κ3) is 2.66. The molecule has 1 heterocycles. The number of nitrogens with zero attached hydrogens (tertiary/aromatic N) is 3. The fourth-order valence-electron chi connectivity index (χ4n) is 0.936. The van der Waals surface area contributed by atoms with Crippen LogP contribution in [-0.2, 0) is 7.05 Å². The Morgan fingerprint density at radius 1 is 1.73 bits per heavy atom. The molecule has 1 aromatic rings. The van der Waals surface area contributed by atoms with E-state index in [1.54, 1.807) is 24.8 Å². The van der Waals surface area contributed by atoms with Crippen LogP contribution in [0.2, 0.25) is 0 Å². The minimum absolute atomic E-state index is 0.0935. The molecule has 0 saturated carbocycles. The summed E-state index contributed by atoms with van der Waals surface area (Å²) in [7, 11) is 3.33. The summed E-state index contributed by atoms with van der Waals surface area (Å²) >= 11 is 4.68. The first-order valence-electron chi connectivity index (χ1n) is 4.26. The number of aromatic nitrogens is 2. The highest BCUT2D eigenvalue weighted by molar-refractivity contribution is 7.80. The lowest BCUT2D eigenvalue weighted by molar-refractivity contribution is 0.0882. The van der Waals surface area contributed by atoms with E-state index in [9.17, 15) is 4.79 Å². The fraction of sp³-hybridized carbons (Fsp3) is 0.375. The van der Waals surface area contributed by atoms with Gasteiger partial charge in [-0.1, -0.05) is 0 Å². The van der Waals surface area contributed by atoms with Crippen LogP contribution >= 0.6 is 12.2 Å². The molecule has 0 saturated heterocycles. The molecule has 0 aliphatic rings. The van der Waals surface area contributed by atoms with E-state index in [1.165, 1.54) is 5.01 Å². The van der Waals surface area contributed by atoms with Gasteiger partial charge in [-0.25, -0.2) is 0 Å². The molecule has 82 valence electrons. The van der Waals surface area contributed by atoms with Gasteiger partial charge in [0.05, 0.1) is 0 Å². The Kier molecular flexibility index (Phi) is 3.25. The number of hydrogen-bond acceptors (Lipinski definition) is 3. The van der Waals surface area contributed by atoms with Crippen LogP contribution < -0.4 is 11.2 Å². The summed E-state index contributed by atoms with van der Waals surface area (Å²) < 4.78 is 1.62. The topological polar surface area (TPSA) is 76.2 Å². The zero-order chi connectivity index (χ0) is 11.6. The molecule has 1 aromatic heterocycles. The van der Waals surface area contributed by atoms with Crippen molar-refractivity contribution >= 4 is 23.2 Å². The van der Waals surface area contributed by atoms with Crippen molar-refractivity contribution in [2.45, 2.75) is 6.92 Å². The van der Waals surface area contributed by atoms with Crippen LogP contribution in [-0.4, -0.2) is 32.9 Å². The zero-order valence-electron chi connectivity index (χ0n) is 8.81. The van der Waals surface area contributed by atoms with Crippen molar-refractivity contribution in [1.29, 1.82) is 0 Å². The van der Waals surface area contributed by atoms with Gasteiger partial charge in [0.25, 0.3) is 5.91 Å². The second kappa shape index (κ2) is 4.26. The number of amides is 1. The van der Waals surface area contributed by atoms with E-state index in [2.05, 4.69) is 22.7 Å². The molecule has 15 heavy (non-hydrogen) atoms. The minimum Gasteiger partial charge on any atom is -0.375 e. The van der Waals surface area contributed by atoms with Gasteiger partial charge in [-0.2, -0.15) is 5.10 Å². The summed E-state index contributed by atoms with van der Waals surface area (Å²) in [6.45, 7) is 1.86. The number of aryl methyl sites for hydroxylation is 2. The Morgan fingerprint density at radius 2 is 2.33 bits per heavy atom. The van der Waals surface area contributed by atoms with Crippen LogP contribution in [0, 0.1) is 6.92 Å². The summed E-state index contributed by atoms with van der Waals surface area (Å²) in [4.78, 5) is 11.6. The predicted octanol–water partition coefficient (Wildman–Crippen LogP) is -0.451. The van der Waals surface area contributed by atoms with Crippen LogP contribution in [0.4, 0.5) is 0 Å². The first-order chi connectivity index (χ1) is 6.91. The number of thiocarbonyl (C=S) groups is 1. The van der Waals surface area contributed by atoms with Gasteiger partial charge in [-0.05, 0) is 25.2 Å². The van der Waals surface area contributed by atoms with Crippen molar-refractivity contribution in [3.8, 4) is 0 Å². The van der Waals surface area contributed by atoms with E-state index in [0.29, 0.717) is 5.69 Å². The molecular weight excluding hydrogens is 214 g/mol. The highest BCUT2D eigenvalue weighted by atomic mass is 32.1. The molecule has 0 aromatic carbocycles. The van der Waals surface area contributed by atoms with Gasteiger partial charge < -0.3 is 5.73 Å². The van der Waals surface area contributed by atoms with Crippen molar-refractivity contribution in [3.05, 3.63) is 17.5 Å². The molecule has 0 spiro atoms. The minimum atomic E-state index is -0.339. The van der Waals surface area contributed by atoms with Gasteiger partial charge in [0.2, 0.25) is 0 Å². The van der Waals surface area contributed by atoms with E-state index in [-0.39, 0.29) is 11.0 Å². The third-order valence-corrected chi connectivity index (χ3v) is 2.22. The smallest absolute Gasteiger partial charge is 0.290 e. The number of hydrazine groups is 1. The van der Waals surface area contributed by atoms with Crippen LogP contribution in [0.5, 0.6) is 0 Å². The summed E-state index contributed by atoms with van der Waals surface area (Å²) in [5, 5.41) is 5.38. The van der Waals surface area contributed by atoms with Gasteiger partial charge in [0.15, 0.2) is 10.8 Å². The standard InChI is InChI=1S/C8H13N5OS/c1-5-4-6(10-12(5)2)7(14)11-13(3)8(9)15/h4H,1-3H3,(H2,9,15)(H,11,14). The van der Waals surface area contributed by atoms with E-state index < -0.39 is 0 Å². The summed E-state index contributed by atoms with van der Waals surface area (Å²) in [5.41, 5.74) is 9.04. The summed E-state index contributed by atoms with van der Waals surface area (Å²) in [6, 6.07) is 1.68. The lowest BCUT2D eigenvalue weighted by Crippen LogP contribution is -2.46. The fourth-order valence-corrected chi connectivity index (χ4v) is 0.982. The van der Waals surface area contributed by atoms with Crippen molar-refractivity contribution in [1.82, 2.24) is 20.2 Å². The number of rotatable bonds is 1. The van der Waals surface area contributed by atoms with E-state index >= 15 is 0 Å². The zero-order valence-corrected chi connectivity index (χ0v) is 9.63. The van der Waals surface area contributed by atoms with Gasteiger partial charge in [-0.3, -0.25) is 19.9 Å². The van der Waals surface area contributed by atoms with Gasteiger partial charge in [-0.15, -0.1) is 0 Å².